The van der Waals surface area contributed by atoms with Gasteiger partial charge in [0.1, 0.15) is 11.6 Å². The van der Waals surface area contributed by atoms with Crippen molar-refractivity contribution in [3.05, 3.63) is 41.4 Å². The van der Waals surface area contributed by atoms with E-state index >= 15 is 0 Å². The molecule has 0 spiro atoms. The van der Waals surface area contributed by atoms with Crippen molar-refractivity contribution in [1.82, 2.24) is 10.3 Å². The zero-order valence-electron chi connectivity index (χ0n) is 16.6. The Kier molecular flexibility index (Phi) is 4.50. The zero-order chi connectivity index (χ0) is 20.1. The number of ether oxygens (including phenoxy) is 1. The van der Waals surface area contributed by atoms with Crippen LogP contribution in [0.3, 0.4) is 0 Å². The molecule has 0 saturated heterocycles. The van der Waals surface area contributed by atoms with E-state index in [1.165, 1.54) is 6.42 Å². The van der Waals surface area contributed by atoms with E-state index < -0.39 is 5.41 Å². The molecular formula is C23H26N2O3S. The van der Waals surface area contributed by atoms with Crippen molar-refractivity contribution in [2.75, 3.05) is 0 Å². The molecule has 5 nitrogen and oxygen atoms in total. The summed E-state index contributed by atoms with van der Waals surface area (Å²) in [7, 11) is 0. The molecule has 1 N–H and O–H groups in total. The third kappa shape index (κ3) is 3.48. The van der Waals surface area contributed by atoms with Gasteiger partial charge in [-0.25, -0.2) is 4.98 Å². The molecule has 2 aromatic rings. The van der Waals surface area contributed by atoms with Crippen molar-refractivity contribution >= 4 is 23.2 Å². The summed E-state index contributed by atoms with van der Waals surface area (Å²) in [5, 5.41) is 6.11. The number of hydrogen-bond acceptors (Lipinski definition) is 5. The van der Waals surface area contributed by atoms with E-state index in [1.807, 2.05) is 35.7 Å². The maximum Gasteiger partial charge on any atom is 0.312 e. The second-order valence-corrected chi connectivity index (χ2v) is 10.1. The van der Waals surface area contributed by atoms with Crippen LogP contribution in [-0.4, -0.2) is 22.4 Å². The molecule has 4 fully saturated rings. The first-order valence-electron chi connectivity index (χ1n) is 10.4. The average Bonchev–Trinajstić information content (AvgIpc) is 3.14. The quantitative estimate of drug-likeness (QED) is 0.745. The molecule has 0 radical (unpaired) electrons. The molecule has 4 aliphatic carbocycles. The molecule has 0 aliphatic heterocycles. The minimum atomic E-state index is -0.440. The number of nitrogens with zero attached hydrogens (tertiary/aromatic N) is 1. The minimum Gasteiger partial charge on any atom is -0.459 e. The smallest absolute Gasteiger partial charge is 0.312 e. The normalized spacial score (nSPS) is 32.2. The minimum absolute atomic E-state index is 0.00591. The van der Waals surface area contributed by atoms with Crippen LogP contribution in [0.2, 0.25) is 0 Å². The Morgan fingerprint density at radius 2 is 1.90 bits per heavy atom. The van der Waals surface area contributed by atoms with Gasteiger partial charge in [0, 0.05) is 23.4 Å². The first kappa shape index (κ1) is 18.8. The first-order valence-corrected chi connectivity index (χ1v) is 11.3. The van der Waals surface area contributed by atoms with Crippen LogP contribution >= 0.6 is 11.3 Å². The number of esters is 1. The Hall–Kier alpha value is -2.21. The fraction of sp³-hybridized carbons (Fsp3) is 0.522. The number of amides is 1. The predicted octanol–water partition coefficient (Wildman–Crippen LogP) is 4.33. The summed E-state index contributed by atoms with van der Waals surface area (Å²) in [6.45, 7) is 1.79. The van der Waals surface area contributed by atoms with Gasteiger partial charge in [0.15, 0.2) is 0 Å². The third-order valence-electron chi connectivity index (χ3n) is 6.86. The molecule has 1 aromatic carbocycles. The van der Waals surface area contributed by atoms with E-state index in [2.05, 4.69) is 10.3 Å². The van der Waals surface area contributed by atoms with E-state index in [-0.39, 0.29) is 24.0 Å². The molecule has 6 rings (SSSR count). The molecule has 2 unspecified atom stereocenters. The number of aromatic nitrogens is 1. The number of carbonyl (C=O) groups excluding carboxylic acids is 2. The molecule has 4 saturated carbocycles. The van der Waals surface area contributed by atoms with Crippen LogP contribution in [0, 0.1) is 17.3 Å². The first-order chi connectivity index (χ1) is 14.0. The van der Waals surface area contributed by atoms with Crippen LogP contribution in [0.5, 0.6) is 0 Å². The lowest BCUT2D eigenvalue weighted by Crippen LogP contribution is -2.64. The molecule has 6 heteroatoms. The molecule has 4 atom stereocenters. The summed E-state index contributed by atoms with van der Waals surface area (Å²) in [4.78, 5) is 29.6. The van der Waals surface area contributed by atoms with E-state index in [4.69, 9.17) is 4.74 Å². The third-order valence-corrected chi connectivity index (χ3v) is 7.80. The molecule has 1 heterocycles. The van der Waals surface area contributed by atoms with E-state index in [9.17, 15) is 9.59 Å². The number of nitrogens with one attached hydrogen (secondary N) is 1. The monoisotopic (exact) mass is 410 g/mol. The zero-order valence-corrected chi connectivity index (χ0v) is 17.5. The van der Waals surface area contributed by atoms with Gasteiger partial charge in [-0.3, -0.25) is 9.59 Å². The number of benzene rings is 1. The van der Waals surface area contributed by atoms with Gasteiger partial charge in [-0.15, -0.1) is 11.3 Å². The molecule has 1 aromatic heterocycles. The van der Waals surface area contributed by atoms with Crippen molar-refractivity contribution in [2.24, 2.45) is 17.3 Å². The van der Waals surface area contributed by atoms with Gasteiger partial charge in [0.05, 0.1) is 11.1 Å². The van der Waals surface area contributed by atoms with Crippen LogP contribution in [0.4, 0.5) is 0 Å². The highest BCUT2D eigenvalue weighted by Crippen LogP contribution is 2.62. The SMILES string of the molecule is CC(=O)NC12C[C@H]3C[C@@H](C1)CC(C(=O)OCc1csc(-c4ccccc4)n1)(C3)C2. The second-order valence-electron chi connectivity index (χ2n) is 9.29. The molecule has 1 amide bonds. The summed E-state index contributed by atoms with van der Waals surface area (Å²) >= 11 is 1.57. The van der Waals surface area contributed by atoms with Crippen molar-refractivity contribution in [2.45, 2.75) is 57.6 Å². The van der Waals surface area contributed by atoms with Gasteiger partial charge in [-0.2, -0.15) is 0 Å². The van der Waals surface area contributed by atoms with Crippen molar-refractivity contribution < 1.29 is 14.3 Å². The Labute approximate surface area is 174 Å². The number of hydrogen-bond donors (Lipinski definition) is 1. The van der Waals surface area contributed by atoms with Gasteiger partial charge >= 0.3 is 5.97 Å². The van der Waals surface area contributed by atoms with E-state index in [0.717, 1.165) is 48.4 Å². The predicted molar refractivity (Wildman–Crippen MR) is 111 cm³/mol. The Morgan fingerprint density at radius 3 is 2.59 bits per heavy atom. The van der Waals surface area contributed by atoms with Gasteiger partial charge in [-0.05, 0) is 50.4 Å². The summed E-state index contributed by atoms with van der Waals surface area (Å²) < 4.78 is 5.80. The maximum atomic E-state index is 13.2. The highest BCUT2D eigenvalue weighted by atomic mass is 32.1. The largest absolute Gasteiger partial charge is 0.459 e. The van der Waals surface area contributed by atoms with Gasteiger partial charge in [-0.1, -0.05) is 30.3 Å². The fourth-order valence-electron chi connectivity index (χ4n) is 6.40. The van der Waals surface area contributed by atoms with Crippen LogP contribution in [0.15, 0.2) is 35.7 Å². The van der Waals surface area contributed by atoms with Crippen LogP contribution < -0.4 is 5.32 Å². The lowest BCUT2D eigenvalue weighted by atomic mass is 9.47. The van der Waals surface area contributed by atoms with Gasteiger partial charge < -0.3 is 10.1 Å². The topological polar surface area (TPSA) is 68.3 Å². The highest BCUT2D eigenvalue weighted by Gasteiger charge is 2.61. The summed E-state index contributed by atoms with van der Waals surface area (Å²) in [5.74, 6) is 0.932. The summed E-state index contributed by atoms with van der Waals surface area (Å²) in [6.07, 6.45) is 5.71. The number of thiazole rings is 1. The van der Waals surface area contributed by atoms with Crippen molar-refractivity contribution in [1.29, 1.82) is 0 Å². The van der Waals surface area contributed by atoms with E-state index in [0.29, 0.717) is 11.8 Å². The Balaban J connectivity index is 1.29. The summed E-state index contributed by atoms with van der Waals surface area (Å²) in [5.41, 5.74) is 1.22. The number of carbonyl (C=O) groups is 2. The molecule has 4 bridgehead atoms. The standard InChI is InChI=1S/C23H26N2O3S/c1-15(26)25-23-10-16-7-17(11-23)9-22(8-16,14-23)21(27)28-12-19-13-29-20(24-19)18-5-3-2-4-6-18/h2-6,13,16-17H,7-12,14H2,1H3,(H,25,26)/t16-,17+,22?,23?. The van der Waals surface area contributed by atoms with Crippen LogP contribution in [0.25, 0.3) is 10.6 Å². The second kappa shape index (κ2) is 6.94. The number of rotatable bonds is 5. The molecule has 152 valence electrons. The Morgan fingerprint density at radius 1 is 1.17 bits per heavy atom. The summed E-state index contributed by atoms with van der Waals surface area (Å²) in [6, 6.07) is 10.0. The fourth-order valence-corrected chi connectivity index (χ4v) is 7.21. The average molecular weight is 411 g/mol. The molecular weight excluding hydrogens is 384 g/mol. The Bertz CT molecular complexity index is 925. The van der Waals surface area contributed by atoms with E-state index in [1.54, 1.807) is 18.3 Å². The maximum absolute atomic E-state index is 13.2. The lowest BCUT2D eigenvalue weighted by Gasteiger charge is -2.60. The highest BCUT2D eigenvalue weighted by molar-refractivity contribution is 7.13. The molecule has 4 aliphatic rings. The van der Waals surface area contributed by atoms with Crippen LogP contribution in [-0.2, 0) is 20.9 Å². The van der Waals surface area contributed by atoms with Crippen molar-refractivity contribution in [3.63, 3.8) is 0 Å². The van der Waals surface area contributed by atoms with Gasteiger partial charge in [0.2, 0.25) is 5.91 Å². The van der Waals surface area contributed by atoms with Crippen LogP contribution in [0.1, 0.15) is 51.1 Å². The molecule has 29 heavy (non-hydrogen) atoms. The lowest BCUT2D eigenvalue weighted by molar-refractivity contribution is -0.177. The van der Waals surface area contributed by atoms with Gasteiger partial charge in [0.25, 0.3) is 0 Å². The van der Waals surface area contributed by atoms with Crippen molar-refractivity contribution in [3.8, 4) is 10.6 Å².